The Hall–Kier alpha value is -2.69. The SMILES string of the molecule is COc1ccccc1OCC(=O)N1CCN(c2cc(C)ccc2C)CC1. The molecule has 0 aliphatic carbocycles. The topological polar surface area (TPSA) is 42.0 Å². The van der Waals surface area contributed by atoms with Crippen LogP contribution in [0.4, 0.5) is 5.69 Å². The Kier molecular flexibility index (Phi) is 5.66. The van der Waals surface area contributed by atoms with E-state index in [2.05, 4.69) is 36.9 Å². The van der Waals surface area contributed by atoms with Crippen molar-refractivity contribution in [1.82, 2.24) is 4.90 Å². The van der Waals surface area contributed by atoms with Crippen molar-refractivity contribution in [2.45, 2.75) is 13.8 Å². The van der Waals surface area contributed by atoms with E-state index in [-0.39, 0.29) is 12.5 Å². The van der Waals surface area contributed by atoms with E-state index in [1.807, 2.05) is 29.2 Å². The molecule has 26 heavy (non-hydrogen) atoms. The fourth-order valence-corrected chi connectivity index (χ4v) is 3.23. The molecule has 0 bridgehead atoms. The van der Waals surface area contributed by atoms with Crippen LogP contribution in [0.25, 0.3) is 0 Å². The molecule has 1 aliphatic rings. The van der Waals surface area contributed by atoms with Crippen molar-refractivity contribution in [3.05, 3.63) is 53.6 Å². The van der Waals surface area contributed by atoms with Gasteiger partial charge in [-0.3, -0.25) is 4.79 Å². The largest absolute Gasteiger partial charge is 0.493 e. The highest BCUT2D eigenvalue weighted by molar-refractivity contribution is 5.78. The van der Waals surface area contributed by atoms with Gasteiger partial charge in [-0.05, 0) is 43.2 Å². The lowest BCUT2D eigenvalue weighted by molar-refractivity contribution is -0.133. The predicted molar refractivity (Wildman–Crippen MR) is 103 cm³/mol. The second-order valence-electron chi connectivity index (χ2n) is 6.60. The Morgan fingerprint density at radius 1 is 1.00 bits per heavy atom. The zero-order valence-electron chi connectivity index (χ0n) is 15.7. The van der Waals surface area contributed by atoms with Gasteiger partial charge in [0.05, 0.1) is 7.11 Å². The summed E-state index contributed by atoms with van der Waals surface area (Å²) in [5.74, 6) is 1.24. The summed E-state index contributed by atoms with van der Waals surface area (Å²) >= 11 is 0. The number of anilines is 1. The first-order valence-corrected chi connectivity index (χ1v) is 8.94. The van der Waals surface area contributed by atoms with E-state index in [9.17, 15) is 4.79 Å². The van der Waals surface area contributed by atoms with Gasteiger partial charge in [0.15, 0.2) is 18.1 Å². The Labute approximate surface area is 155 Å². The Bertz CT molecular complexity index is 768. The van der Waals surface area contributed by atoms with Gasteiger partial charge in [0.2, 0.25) is 0 Å². The van der Waals surface area contributed by atoms with Crippen LogP contribution in [0.1, 0.15) is 11.1 Å². The van der Waals surface area contributed by atoms with Crippen molar-refractivity contribution in [3.8, 4) is 11.5 Å². The van der Waals surface area contributed by atoms with Gasteiger partial charge in [0.25, 0.3) is 5.91 Å². The molecule has 1 fully saturated rings. The Morgan fingerprint density at radius 2 is 1.69 bits per heavy atom. The molecular weight excluding hydrogens is 328 g/mol. The zero-order valence-corrected chi connectivity index (χ0v) is 15.7. The summed E-state index contributed by atoms with van der Waals surface area (Å²) in [6, 6.07) is 13.9. The van der Waals surface area contributed by atoms with Gasteiger partial charge in [0.1, 0.15) is 0 Å². The maximum Gasteiger partial charge on any atom is 0.260 e. The molecule has 1 saturated heterocycles. The van der Waals surface area contributed by atoms with E-state index in [4.69, 9.17) is 9.47 Å². The van der Waals surface area contributed by atoms with Gasteiger partial charge in [-0.25, -0.2) is 0 Å². The van der Waals surface area contributed by atoms with Crippen LogP contribution in [0.5, 0.6) is 11.5 Å². The first kappa shape index (κ1) is 18.1. The Balaban J connectivity index is 1.54. The number of hydrogen-bond acceptors (Lipinski definition) is 4. The molecule has 5 heteroatoms. The first-order chi connectivity index (χ1) is 12.6. The second kappa shape index (κ2) is 8.13. The van der Waals surface area contributed by atoms with Crippen LogP contribution in [0, 0.1) is 13.8 Å². The number of rotatable bonds is 5. The Morgan fingerprint density at radius 3 is 2.38 bits per heavy atom. The number of piperazine rings is 1. The van der Waals surface area contributed by atoms with Crippen molar-refractivity contribution in [1.29, 1.82) is 0 Å². The quantitative estimate of drug-likeness (QED) is 0.828. The lowest BCUT2D eigenvalue weighted by atomic mass is 10.1. The van der Waals surface area contributed by atoms with Crippen LogP contribution in [0.3, 0.4) is 0 Å². The van der Waals surface area contributed by atoms with Crippen molar-refractivity contribution < 1.29 is 14.3 Å². The number of aryl methyl sites for hydroxylation is 2. The van der Waals surface area contributed by atoms with Crippen LogP contribution in [0.15, 0.2) is 42.5 Å². The lowest BCUT2D eigenvalue weighted by Crippen LogP contribution is -2.50. The molecule has 138 valence electrons. The normalized spacial score (nSPS) is 14.3. The number of para-hydroxylation sites is 2. The van der Waals surface area contributed by atoms with Crippen LogP contribution in [-0.2, 0) is 4.79 Å². The summed E-state index contributed by atoms with van der Waals surface area (Å²) in [5, 5.41) is 0. The highest BCUT2D eigenvalue weighted by atomic mass is 16.5. The van der Waals surface area contributed by atoms with Crippen molar-refractivity contribution in [3.63, 3.8) is 0 Å². The maximum atomic E-state index is 12.5. The molecule has 2 aromatic rings. The predicted octanol–water partition coefficient (Wildman–Crippen LogP) is 3.04. The van der Waals surface area contributed by atoms with Crippen molar-refractivity contribution >= 4 is 11.6 Å². The van der Waals surface area contributed by atoms with Crippen LogP contribution < -0.4 is 14.4 Å². The van der Waals surface area contributed by atoms with Gasteiger partial charge in [0, 0.05) is 31.9 Å². The number of nitrogens with zero attached hydrogens (tertiary/aromatic N) is 2. The molecule has 0 N–H and O–H groups in total. The molecule has 0 aromatic heterocycles. The smallest absolute Gasteiger partial charge is 0.260 e. The van der Waals surface area contributed by atoms with Crippen molar-refractivity contribution in [2.24, 2.45) is 0 Å². The molecule has 0 unspecified atom stereocenters. The first-order valence-electron chi connectivity index (χ1n) is 8.94. The van der Waals surface area contributed by atoms with Gasteiger partial charge in [-0.1, -0.05) is 24.3 Å². The summed E-state index contributed by atoms with van der Waals surface area (Å²) in [5.41, 5.74) is 3.80. The van der Waals surface area contributed by atoms with Gasteiger partial charge in [-0.2, -0.15) is 0 Å². The highest BCUT2D eigenvalue weighted by Gasteiger charge is 2.22. The monoisotopic (exact) mass is 354 g/mol. The number of methoxy groups -OCH3 is 1. The molecule has 1 heterocycles. The second-order valence-corrected chi connectivity index (χ2v) is 6.60. The van der Waals surface area contributed by atoms with Crippen LogP contribution in [-0.4, -0.2) is 50.7 Å². The number of ether oxygens (including phenoxy) is 2. The van der Waals surface area contributed by atoms with E-state index in [1.165, 1.54) is 16.8 Å². The average Bonchev–Trinajstić information content (AvgIpc) is 2.68. The molecule has 1 amide bonds. The third kappa shape index (κ3) is 4.10. The number of amides is 1. The minimum atomic E-state index is 0.0107. The van der Waals surface area contributed by atoms with Gasteiger partial charge in [-0.15, -0.1) is 0 Å². The highest BCUT2D eigenvalue weighted by Crippen LogP contribution is 2.26. The maximum absolute atomic E-state index is 12.5. The lowest BCUT2D eigenvalue weighted by Gasteiger charge is -2.37. The van der Waals surface area contributed by atoms with Crippen LogP contribution >= 0.6 is 0 Å². The van der Waals surface area contributed by atoms with E-state index >= 15 is 0 Å². The van der Waals surface area contributed by atoms with Crippen molar-refractivity contribution in [2.75, 3.05) is 44.8 Å². The molecule has 0 saturated carbocycles. The third-order valence-corrected chi connectivity index (χ3v) is 4.76. The van der Waals surface area contributed by atoms with Crippen LogP contribution in [0.2, 0.25) is 0 Å². The third-order valence-electron chi connectivity index (χ3n) is 4.76. The molecule has 5 nitrogen and oxygen atoms in total. The number of hydrogen-bond donors (Lipinski definition) is 0. The summed E-state index contributed by atoms with van der Waals surface area (Å²) < 4.78 is 10.9. The summed E-state index contributed by atoms with van der Waals surface area (Å²) in [7, 11) is 1.59. The average molecular weight is 354 g/mol. The van der Waals surface area contributed by atoms with E-state index in [0.29, 0.717) is 24.6 Å². The van der Waals surface area contributed by atoms with E-state index < -0.39 is 0 Å². The minimum Gasteiger partial charge on any atom is -0.493 e. The molecule has 2 aromatic carbocycles. The number of benzene rings is 2. The zero-order chi connectivity index (χ0) is 18.5. The summed E-state index contributed by atoms with van der Waals surface area (Å²) in [6.45, 7) is 7.37. The standard InChI is InChI=1S/C21H26N2O3/c1-16-8-9-17(2)18(14-16)22-10-12-23(13-11-22)21(24)15-26-20-7-5-4-6-19(20)25-3/h4-9,14H,10-13,15H2,1-3H3. The number of carbonyl (C=O) groups is 1. The van der Waals surface area contributed by atoms with Gasteiger partial charge < -0.3 is 19.3 Å². The fraction of sp³-hybridized carbons (Fsp3) is 0.381. The molecule has 1 aliphatic heterocycles. The molecule has 0 atom stereocenters. The summed E-state index contributed by atoms with van der Waals surface area (Å²) in [6.07, 6.45) is 0. The fourth-order valence-electron chi connectivity index (χ4n) is 3.23. The number of carbonyl (C=O) groups excluding carboxylic acids is 1. The molecule has 3 rings (SSSR count). The van der Waals surface area contributed by atoms with Gasteiger partial charge >= 0.3 is 0 Å². The van der Waals surface area contributed by atoms with E-state index in [1.54, 1.807) is 7.11 Å². The molecule has 0 spiro atoms. The summed E-state index contributed by atoms with van der Waals surface area (Å²) in [4.78, 5) is 16.7. The van der Waals surface area contributed by atoms with E-state index in [0.717, 1.165) is 13.1 Å². The minimum absolute atomic E-state index is 0.0107. The molecule has 0 radical (unpaired) electrons. The molecular formula is C21H26N2O3.